The monoisotopic (exact) mass is 188 g/mol. The van der Waals surface area contributed by atoms with Gasteiger partial charge < -0.3 is 0 Å². The van der Waals surface area contributed by atoms with Crippen LogP contribution in [0, 0.1) is 13.8 Å². The van der Waals surface area contributed by atoms with E-state index in [4.69, 9.17) is 0 Å². The SMILES string of the molecule is CC.Cc1cnc2ncccc2c1C. The van der Waals surface area contributed by atoms with Crippen molar-refractivity contribution in [3.05, 3.63) is 35.7 Å². The predicted molar refractivity (Wildman–Crippen MR) is 60.4 cm³/mol. The van der Waals surface area contributed by atoms with E-state index in [1.165, 1.54) is 11.1 Å². The van der Waals surface area contributed by atoms with E-state index in [0.717, 1.165) is 11.0 Å². The molecule has 0 spiro atoms. The first kappa shape index (κ1) is 10.6. The van der Waals surface area contributed by atoms with Gasteiger partial charge in [0.2, 0.25) is 0 Å². The summed E-state index contributed by atoms with van der Waals surface area (Å²) in [5.74, 6) is 0. The summed E-state index contributed by atoms with van der Waals surface area (Å²) in [7, 11) is 0. The zero-order valence-electron chi connectivity index (χ0n) is 9.20. The smallest absolute Gasteiger partial charge is 0.159 e. The maximum Gasteiger partial charge on any atom is 0.159 e. The molecule has 0 saturated heterocycles. The topological polar surface area (TPSA) is 25.8 Å². The number of pyridine rings is 2. The van der Waals surface area contributed by atoms with Crippen molar-refractivity contribution in [1.82, 2.24) is 9.97 Å². The van der Waals surface area contributed by atoms with Crippen LogP contribution in [0.3, 0.4) is 0 Å². The first-order valence-electron chi connectivity index (χ1n) is 4.96. The van der Waals surface area contributed by atoms with Gasteiger partial charge in [-0.05, 0) is 37.1 Å². The third kappa shape index (κ3) is 1.90. The normalized spacial score (nSPS) is 9.43. The molecule has 0 aromatic carbocycles. The van der Waals surface area contributed by atoms with Gasteiger partial charge in [0.05, 0.1) is 0 Å². The van der Waals surface area contributed by atoms with Gasteiger partial charge in [-0.25, -0.2) is 9.97 Å². The van der Waals surface area contributed by atoms with Gasteiger partial charge in [-0.15, -0.1) is 0 Å². The highest BCUT2D eigenvalue weighted by molar-refractivity contribution is 5.78. The van der Waals surface area contributed by atoms with Crippen LogP contribution in [0.15, 0.2) is 24.5 Å². The second-order valence-corrected chi connectivity index (χ2v) is 2.94. The van der Waals surface area contributed by atoms with Crippen LogP contribution in [0.1, 0.15) is 25.0 Å². The van der Waals surface area contributed by atoms with E-state index >= 15 is 0 Å². The average molecular weight is 188 g/mol. The number of fused-ring (bicyclic) bond motifs is 1. The van der Waals surface area contributed by atoms with Gasteiger partial charge in [0, 0.05) is 17.8 Å². The minimum Gasteiger partial charge on any atom is -0.237 e. The summed E-state index contributed by atoms with van der Waals surface area (Å²) in [4.78, 5) is 8.40. The molecule has 74 valence electrons. The zero-order chi connectivity index (χ0) is 10.6. The van der Waals surface area contributed by atoms with E-state index in [9.17, 15) is 0 Å². The van der Waals surface area contributed by atoms with E-state index in [1.54, 1.807) is 6.20 Å². The summed E-state index contributed by atoms with van der Waals surface area (Å²) < 4.78 is 0. The maximum atomic E-state index is 4.23. The van der Waals surface area contributed by atoms with Gasteiger partial charge >= 0.3 is 0 Å². The predicted octanol–water partition coefficient (Wildman–Crippen LogP) is 3.27. The summed E-state index contributed by atoms with van der Waals surface area (Å²) in [6.45, 7) is 8.16. The highest BCUT2D eigenvalue weighted by Crippen LogP contribution is 2.16. The Hall–Kier alpha value is -1.44. The molecule has 0 amide bonds. The highest BCUT2D eigenvalue weighted by atomic mass is 14.8. The molecule has 0 N–H and O–H groups in total. The van der Waals surface area contributed by atoms with E-state index in [0.29, 0.717) is 0 Å². The van der Waals surface area contributed by atoms with Crippen LogP contribution in [0.5, 0.6) is 0 Å². The Morgan fingerprint density at radius 1 is 1.07 bits per heavy atom. The largest absolute Gasteiger partial charge is 0.237 e. The molecule has 2 heterocycles. The fourth-order valence-corrected chi connectivity index (χ4v) is 1.26. The summed E-state index contributed by atoms with van der Waals surface area (Å²) in [6, 6.07) is 3.99. The molecule has 0 atom stereocenters. The van der Waals surface area contributed by atoms with Gasteiger partial charge in [-0.1, -0.05) is 13.8 Å². The first-order valence-corrected chi connectivity index (χ1v) is 4.96. The van der Waals surface area contributed by atoms with Crippen molar-refractivity contribution >= 4 is 11.0 Å². The van der Waals surface area contributed by atoms with Crippen LogP contribution in [-0.4, -0.2) is 9.97 Å². The molecule has 2 aromatic heterocycles. The molecule has 0 radical (unpaired) electrons. The molecule has 2 heteroatoms. The standard InChI is InChI=1S/C10H10N2.C2H6/c1-7-6-12-10-9(8(7)2)4-3-5-11-10;1-2/h3-6H,1-2H3;1-2H3. The van der Waals surface area contributed by atoms with Crippen LogP contribution >= 0.6 is 0 Å². The average Bonchev–Trinajstić information content (AvgIpc) is 2.27. The van der Waals surface area contributed by atoms with Gasteiger partial charge in [0.1, 0.15) is 0 Å². The second-order valence-electron chi connectivity index (χ2n) is 2.94. The molecule has 0 saturated carbocycles. The van der Waals surface area contributed by atoms with Crippen molar-refractivity contribution in [2.45, 2.75) is 27.7 Å². The number of aryl methyl sites for hydroxylation is 2. The van der Waals surface area contributed by atoms with E-state index in [2.05, 4.69) is 29.9 Å². The molecule has 2 rings (SSSR count). The Bertz CT molecular complexity index is 422. The van der Waals surface area contributed by atoms with Crippen LogP contribution in [0.4, 0.5) is 0 Å². The Labute approximate surface area is 85.0 Å². The van der Waals surface area contributed by atoms with Crippen molar-refractivity contribution in [3.8, 4) is 0 Å². The van der Waals surface area contributed by atoms with E-state index in [1.807, 2.05) is 26.1 Å². The van der Waals surface area contributed by atoms with Crippen LogP contribution in [0.2, 0.25) is 0 Å². The Balaban J connectivity index is 0.000000461. The van der Waals surface area contributed by atoms with Gasteiger partial charge in [-0.2, -0.15) is 0 Å². The number of hydrogen-bond donors (Lipinski definition) is 0. The van der Waals surface area contributed by atoms with Crippen LogP contribution in [-0.2, 0) is 0 Å². The fourth-order valence-electron chi connectivity index (χ4n) is 1.26. The fraction of sp³-hybridized carbons (Fsp3) is 0.333. The molecular formula is C12H16N2. The molecule has 2 aromatic rings. The number of aromatic nitrogens is 2. The lowest BCUT2D eigenvalue weighted by atomic mass is 10.1. The number of rotatable bonds is 0. The van der Waals surface area contributed by atoms with Crippen LogP contribution in [0.25, 0.3) is 11.0 Å². The zero-order valence-corrected chi connectivity index (χ0v) is 9.20. The molecule has 0 aliphatic carbocycles. The molecule has 0 bridgehead atoms. The van der Waals surface area contributed by atoms with Crippen LogP contribution < -0.4 is 0 Å². The maximum absolute atomic E-state index is 4.23. The van der Waals surface area contributed by atoms with Crippen molar-refractivity contribution in [2.24, 2.45) is 0 Å². The van der Waals surface area contributed by atoms with Crippen molar-refractivity contribution in [3.63, 3.8) is 0 Å². The van der Waals surface area contributed by atoms with Gasteiger partial charge in [-0.3, -0.25) is 0 Å². The van der Waals surface area contributed by atoms with E-state index < -0.39 is 0 Å². The van der Waals surface area contributed by atoms with Gasteiger partial charge in [0.15, 0.2) is 5.65 Å². The summed E-state index contributed by atoms with van der Waals surface area (Å²) >= 11 is 0. The number of hydrogen-bond acceptors (Lipinski definition) is 2. The lowest BCUT2D eigenvalue weighted by Gasteiger charge is -2.02. The van der Waals surface area contributed by atoms with Crippen molar-refractivity contribution < 1.29 is 0 Å². The lowest BCUT2D eigenvalue weighted by Crippen LogP contribution is -1.88. The summed E-state index contributed by atoms with van der Waals surface area (Å²) in [5.41, 5.74) is 3.32. The molecule has 0 fully saturated rings. The van der Waals surface area contributed by atoms with Gasteiger partial charge in [0.25, 0.3) is 0 Å². The first-order chi connectivity index (χ1) is 6.79. The lowest BCUT2D eigenvalue weighted by molar-refractivity contribution is 1.22. The molecule has 0 aliphatic rings. The summed E-state index contributed by atoms with van der Waals surface area (Å²) in [6.07, 6.45) is 3.63. The molecule has 0 unspecified atom stereocenters. The molecule has 0 aliphatic heterocycles. The number of nitrogens with zero attached hydrogens (tertiary/aromatic N) is 2. The van der Waals surface area contributed by atoms with Crippen molar-refractivity contribution in [2.75, 3.05) is 0 Å². The molecule has 14 heavy (non-hydrogen) atoms. The van der Waals surface area contributed by atoms with E-state index in [-0.39, 0.29) is 0 Å². The minimum absolute atomic E-state index is 0.834. The summed E-state index contributed by atoms with van der Waals surface area (Å²) in [5, 5.41) is 1.15. The van der Waals surface area contributed by atoms with Crippen molar-refractivity contribution in [1.29, 1.82) is 0 Å². The molecular weight excluding hydrogens is 172 g/mol. The second kappa shape index (κ2) is 4.70. The minimum atomic E-state index is 0.834. The molecule has 2 nitrogen and oxygen atoms in total. The Morgan fingerprint density at radius 3 is 2.50 bits per heavy atom. The quantitative estimate of drug-likeness (QED) is 0.634. The Morgan fingerprint density at radius 2 is 1.79 bits per heavy atom. The third-order valence-corrected chi connectivity index (χ3v) is 2.16. The highest BCUT2D eigenvalue weighted by Gasteiger charge is 1.99. The Kier molecular flexibility index (Phi) is 3.57. The third-order valence-electron chi connectivity index (χ3n) is 2.16.